The van der Waals surface area contributed by atoms with Crippen LogP contribution in [-0.2, 0) is 161 Å². The number of aliphatic hydroxyl groups excluding tert-OH is 1. The first kappa shape index (κ1) is 91.7. The molecule has 1 amide bonds. The van der Waals surface area contributed by atoms with Gasteiger partial charge in [0.25, 0.3) is 0 Å². The third kappa shape index (κ3) is 26.1. The highest BCUT2D eigenvalue weighted by molar-refractivity contribution is 5.73. The first-order valence-corrected chi connectivity index (χ1v) is 42.7. The van der Waals surface area contributed by atoms with E-state index in [0.29, 0.717) is 11.1 Å². The van der Waals surface area contributed by atoms with Gasteiger partial charge in [-0.05, 0) is 61.2 Å². The lowest BCUT2D eigenvalue weighted by atomic mass is 9.83. The number of azide groups is 1. The molecule has 25 nitrogen and oxygen atoms in total. The van der Waals surface area contributed by atoms with Crippen LogP contribution in [0.1, 0.15) is 69.5 Å². The molecule has 25 heteroatoms. The SMILES string of the molecule is C=CCO[C@@H]1[C@H](OCc2ccccc2)[C@H](OCc2ccccc2)[C@@H](OCc2ccccc2)[C@H](OCc2ccccc2)[C@H]1O[C@H]1O[C@H](COCc2ccccc2)[C@@H](O[C@H]2O[C@H](CO)[C@@H](O[C@@H]3O[C@H](COCc4ccccc4)[C@H](OCc4ccccc4)[C@H](OCc4ccccc4)[C@H]3NC(C)=O)[C@H](OCc3ccccc3)[C@@H]2OC(C)=O)[C@H](OCc2ccccc2)[C@H]1N=[N+]=[N-]. The smallest absolute Gasteiger partial charge is 0.303 e. The van der Waals surface area contributed by atoms with Gasteiger partial charge in [-0.25, -0.2) is 0 Å². The van der Waals surface area contributed by atoms with Crippen molar-refractivity contribution in [3.63, 3.8) is 0 Å². The Kier molecular flexibility index (Phi) is 35.2. The van der Waals surface area contributed by atoms with E-state index in [0.717, 1.165) is 44.5 Å². The summed E-state index contributed by atoms with van der Waals surface area (Å²) < 4.78 is 129. The number of amides is 1. The number of hydrogen-bond acceptors (Lipinski definition) is 22. The molecule has 0 spiro atoms. The van der Waals surface area contributed by atoms with Crippen molar-refractivity contribution in [1.82, 2.24) is 5.32 Å². The minimum Gasteiger partial charge on any atom is -0.454 e. The summed E-state index contributed by atoms with van der Waals surface area (Å²) in [6.07, 6.45) is -23.0. The van der Waals surface area contributed by atoms with Crippen molar-refractivity contribution in [2.75, 3.05) is 26.4 Å². The second-order valence-electron chi connectivity index (χ2n) is 31.3. The number of nitrogens with one attached hydrogen (secondary N) is 1. The van der Waals surface area contributed by atoms with Crippen molar-refractivity contribution in [2.45, 2.75) is 209 Å². The molecule has 10 aromatic carbocycles. The highest BCUT2D eigenvalue weighted by Crippen LogP contribution is 2.43. The van der Waals surface area contributed by atoms with E-state index in [1.807, 2.05) is 303 Å². The van der Waals surface area contributed by atoms with Gasteiger partial charge in [0.05, 0.1) is 92.5 Å². The van der Waals surface area contributed by atoms with E-state index in [4.69, 9.17) is 85.3 Å². The summed E-state index contributed by atoms with van der Waals surface area (Å²) in [5.41, 5.74) is 19.5. The van der Waals surface area contributed by atoms with E-state index in [2.05, 4.69) is 21.9 Å². The van der Waals surface area contributed by atoms with Gasteiger partial charge in [0, 0.05) is 18.8 Å². The zero-order valence-electron chi connectivity index (χ0n) is 70.6. The molecule has 1 saturated carbocycles. The number of nitrogens with zero attached hydrogens (tertiary/aromatic N) is 3. The van der Waals surface area contributed by atoms with Crippen LogP contribution in [0.5, 0.6) is 0 Å². The highest BCUT2D eigenvalue weighted by atomic mass is 16.8. The number of benzene rings is 10. The van der Waals surface area contributed by atoms with Gasteiger partial charge in [0.15, 0.2) is 25.0 Å². The molecule has 2 N–H and O–H groups in total. The predicted molar refractivity (Wildman–Crippen MR) is 466 cm³/mol. The van der Waals surface area contributed by atoms with Crippen LogP contribution in [0.15, 0.2) is 321 Å². The lowest BCUT2D eigenvalue weighted by molar-refractivity contribution is -0.381. The minimum absolute atomic E-state index is 0.0216. The fourth-order valence-corrected chi connectivity index (χ4v) is 16.2. The van der Waals surface area contributed by atoms with Gasteiger partial charge < -0.3 is 95.7 Å². The fourth-order valence-electron chi connectivity index (χ4n) is 16.2. The Hall–Kier alpha value is -10.5. The largest absolute Gasteiger partial charge is 0.454 e. The van der Waals surface area contributed by atoms with Gasteiger partial charge in [-0.3, -0.25) is 9.59 Å². The van der Waals surface area contributed by atoms with Crippen LogP contribution < -0.4 is 5.32 Å². The van der Waals surface area contributed by atoms with Gasteiger partial charge >= 0.3 is 5.97 Å². The van der Waals surface area contributed by atoms with E-state index >= 15 is 0 Å². The van der Waals surface area contributed by atoms with Crippen LogP contribution in [-0.4, -0.2) is 172 Å². The standard InChI is InChI=1S/C101H110N4O21/c1-4-55-111-95-93(117-64-78-49-29-12-30-50-78)92(116-63-77-47-27-11-28-48-77)94(118-65-79-51-31-13-32-52-79)96(119-66-80-53-33-14-34-54-80)97(95)126-100-85(104-105-102)90(114-61-75-43-23-9-24-44-75)88(83(123-100)68-110-58-72-37-17-6-18-38-72)125-101-98(120-70(3)108)91(115-62-76-45-25-10-26-46-76)87(81(56-106)121-101)124-99-84(103-69(2)107)89(113-60-74-41-21-8-22-42-74)86(112-59-73-39-19-7-20-40-73)82(122-99)67-109-57-71-35-15-5-16-36-71/h4-54,81-101,106H,1,55-68H2,2-3H3,(H,103,107)/t81-,82-,83-,84-,85-,86+,87-,88-,89-,90-,91+,92+,93-,94-,95-,96+,97+,98+,99+,100-,101-/m1/s1. The third-order valence-corrected chi connectivity index (χ3v) is 22.2. The van der Waals surface area contributed by atoms with E-state index < -0.39 is 147 Å². The number of carbonyl (C=O) groups excluding carboxylic acids is 2. The molecule has 21 atom stereocenters. The lowest BCUT2D eigenvalue weighted by Crippen LogP contribution is -2.70. The topological polar surface area (TPSA) is 281 Å². The van der Waals surface area contributed by atoms with Crippen LogP contribution in [0, 0.1) is 0 Å². The number of rotatable bonds is 45. The molecule has 660 valence electrons. The molecule has 3 saturated heterocycles. The summed E-state index contributed by atoms with van der Waals surface area (Å²) >= 11 is 0. The molecule has 14 rings (SSSR count). The number of ether oxygens (including phenoxy) is 18. The van der Waals surface area contributed by atoms with Crippen molar-refractivity contribution in [3.8, 4) is 0 Å². The minimum atomic E-state index is -1.75. The molecule has 0 unspecified atom stereocenters. The van der Waals surface area contributed by atoms with Gasteiger partial charge in [-0.2, -0.15) is 0 Å². The van der Waals surface area contributed by atoms with Crippen molar-refractivity contribution in [3.05, 3.63) is 382 Å². The van der Waals surface area contributed by atoms with E-state index in [-0.39, 0.29) is 85.9 Å². The summed E-state index contributed by atoms with van der Waals surface area (Å²) in [5.74, 6) is -1.27. The Balaban J connectivity index is 0.873. The number of carbonyl (C=O) groups is 2. The van der Waals surface area contributed by atoms with Crippen molar-refractivity contribution in [1.29, 1.82) is 0 Å². The molecule has 126 heavy (non-hydrogen) atoms. The molecular formula is C101H110N4O21. The average Bonchev–Trinajstić information content (AvgIpc) is 0.755. The molecule has 0 bridgehead atoms. The van der Waals surface area contributed by atoms with Crippen LogP contribution in [0.25, 0.3) is 10.4 Å². The van der Waals surface area contributed by atoms with Crippen LogP contribution >= 0.6 is 0 Å². The van der Waals surface area contributed by atoms with Crippen LogP contribution in [0.3, 0.4) is 0 Å². The highest BCUT2D eigenvalue weighted by Gasteiger charge is 2.61. The summed E-state index contributed by atoms with van der Waals surface area (Å²) in [5, 5.41) is 19.9. The van der Waals surface area contributed by atoms with Crippen LogP contribution in [0.4, 0.5) is 0 Å². The van der Waals surface area contributed by atoms with E-state index in [1.165, 1.54) is 13.8 Å². The molecule has 0 aromatic heterocycles. The average molecular weight is 1720 g/mol. The first-order valence-electron chi connectivity index (χ1n) is 42.7. The zero-order chi connectivity index (χ0) is 86.9. The van der Waals surface area contributed by atoms with E-state index in [9.17, 15) is 20.2 Å². The maximum atomic E-state index is 14.4. The summed E-state index contributed by atoms with van der Waals surface area (Å²) in [6.45, 7) is 6.07. The molecule has 4 fully saturated rings. The monoisotopic (exact) mass is 1710 g/mol. The molecule has 3 aliphatic heterocycles. The number of hydrogen-bond donors (Lipinski definition) is 2. The summed E-state index contributed by atoms with van der Waals surface area (Å²) in [6, 6.07) is 93.4. The number of esters is 1. The first-order chi connectivity index (χ1) is 62.0. The second kappa shape index (κ2) is 48.4. The predicted octanol–water partition coefficient (Wildman–Crippen LogP) is 15.1. The molecule has 1 aliphatic carbocycles. The Morgan fingerprint density at radius 2 is 0.627 bits per heavy atom. The van der Waals surface area contributed by atoms with Gasteiger partial charge in [0.2, 0.25) is 5.91 Å². The zero-order valence-corrected chi connectivity index (χ0v) is 70.6. The number of aliphatic hydroxyl groups is 1. The second-order valence-corrected chi connectivity index (χ2v) is 31.3. The normalized spacial score (nSPS) is 26.5. The van der Waals surface area contributed by atoms with E-state index in [1.54, 1.807) is 6.08 Å². The Morgan fingerprint density at radius 3 is 0.968 bits per heavy atom. The quantitative estimate of drug-likeness (QED) is 0.0118. The van der Waals surface area contributed by atoms with Gasteiger partial charge in [-0.15, -0.1) is 6.58 Å². The van der Waals surface area contributed by atoms with Crippen LogP contribution in [0.2, 0.25) is 0 Å². The lowest BCUT2D eigenvalue weighted by Gasteiger charge is -2.53. The maximum absolute atomic E-state index is 14.4. The Labute approximate surface area is 735 Å². The van der Waals surface area contributed by atoms with Crippen molar-refractivity contribution >= 4 is 11.9 Å². The molecule has 4 aliphatic rings. The molecule has 0 radical (unpaired) electrons. The van der Waals surface area contributed by atoms with Crippen molar-refractivity contribution < 1.29 is 100.0 Å². The molecule has 10 aromatic rings. The van der Waals surface area contributed by atoms with Gasteiger partial charge in [-0.1, -0.05) is 315 Å². The molecule has 3 heterocycles. The fraction of sp³-hybridized carbons (Fsp3) is 0.366. The van der Waals surface area contributed by atoms with Crippen molar-refractivity contribution in [2.24, 2.45) is 5.11 Å². The Morgan fingerprint density at radius 1 is 0.349 bits per heavy atom. The maximum Gasteiger partial charge on any atom is 0.303 e. The molecular weight excluding hydrogens is 1610 g/mol. The Bertz CT molecular complexity index is 4860. The summed E-state index contributed by atoms with van der Waals surface area (Å²) in [4.78, 5) is 31.9. The summed E-state index contributed by atoms with van der Waals surface area (Å²) in [7, 11) is 0. The van der Waals surface area contributed by atoms with Gasteiger partial charge in [0.1, 0.15) is 104 Å². The third-order valence-electron chi connectivity index (χ3n) is 22.2.